The van der Waals surface area contributed by atoms with Crippen LogP contribution in [0.2, 0.25) is 5.02 Å². The predicted molar refractivity (Wildman–Crippen MR) is 77.3 cm³/mol. The van der Waals surface area contributed by atoms with Crippen LogP contribution >= 0.6 is 11.6 Å². The van der Waals surface area contributed by atoms with E-state index in [1.807, 2.05) is 18.2 Å². The summed E-state index contributed by atoms with van der Waals surface area (Å²) >= 11 is 6.13. The van der Waals surface area contributed by atoms with Gasteiger partial charge in [0.25, 0.3) is 0 Å². The van der Waals surface area contributed by atoms with Crippen molar-refractivity contribution >= 4 is 22.4 Å². The summed E-state index contributed by atoms with van der Waals surface area (Å²) in [6, 6.07) is 7.42. The Kier molecular flexibility index (Phi) is 5.22. The molecule has 3 atom stereocenters. The SMILES string of the molecule is NC1CCCCCCC1S(=O)c1ccccc1Cl. The van der Waals surface area contributed by atoms with Crippen molar-refractivity contribution in [3.63, 3.8) is 0 Å². The fourth-order valence-corrected chi connectivity index (χ4v) is 4.51. The van der Waals surface area contributed by atoms with E-state index in [1.54, 1.807) is 6.07 Å². The molecule has 2 nitrogen and oxygen atoms in total. The molecular weight excluding hydrogens is 266 g/mol. The van der Waals surface area contributed by atoms with Crippen LogP contribution in [0.25, 0.3) is 0 Å². The number of rotatable bonds is 2. The molecule has 1 saturated carbocycles. The van der Waals surface area contributed by atoms with Gasteiger partial charge in [0.05, 0.1) is 26.0 Å². The van der Waals surface area contributed by atoms with E-state index >= 15 is 0 Å². The lowest BCUT2D eigenvalue weighted by atomic mass is 9.97. The van der Waals surface area contributed by atoms with Crippen LogP contribution < -0.4 is 5.73 Å². The molecule has 0 aliphatic heterocycles. The van der Waals surface area contributed by atoms with Crippen LogP contribution in [-0.4, -0.2) is 15.5 Å². The molecule has 0 spiro atoms. The van der Waals surface area contributed by atoms with E-state index in [1.165, 1.54) is 12.8 Å². The number of halogens is 1. The molecule has 3 unspecified atom stereocenters. The van der Waals surface area contributed by atoms with Gasteiger partial charge < -0.3 is 5.73 Å². The van der Waals surface area contributed by atoms with E-state index in [-0.39, 0.29) is 11.3 Å². The van der Waals surface area contributed by atoms with E-state index in [2.05, 4.69) is 0 Å². The van der Waals surface area contributed by atoms with Gasteiger partial charge in [-0.05, 0) is 25.0 Å². The van der Waals surface area contributed by atoms with Crippen molar-refractivity contribution in [2.24, 2.45) is 5.73 Å². The lowest BCUT2D eigenvalue weighted by Gasteiger charge is -2.25. The quantitative estimate of drug-likeness (QED) is 0.904. The molecule has 0 amide bonds. The lowest BCUT2D eigenvalue weighted by Crippen LogP contribution is -2.38. The minimum atomic E-state index is -1.09. The van der Waals surface area contributed by atoms with Crippen LogP contribution in [0.1, 0.15) is 38.5 Å². The summed E-state index contributed by atoms with van der Waals surface area (Å²) in [5.74, 6) is 0. The number of benzene rings is 1. The Balaban J connectivity index is 2.18. The first-order valence-electron chi connectivity index (χ1n) is 6.61. The molecule has 0 heterocycles. The average molecular weight is 286 g/mol. The molecule has 4 heteroatoms. The molecule has 0 radical (unpaired) electrons. The second-order valence-corrected chi connectivity index (χ2v) is 6.97. The van der Waals surface area contributed by atoms with Crippen LogP contribution in [0, 0.1) is 0 Å². The zero-order valence-corrected chi connectivity index (χ0v) is 12.1. The molecular formula is C14H20ClNOS. The molecule has 2 N–H and O–H groups in total. The molecule has 0 saturated heterocycles. The molecule has 1 aromatic carbocycles. The van der Waals surface area contributed by atoms with E-state index in [9.17, 15) is 4.21 Å². The van der Waals surface area contributed by atoms with Crippen molar-refractivity contribution in [2.45, 2.75) is 54.7 Å². The van der Waals surface area contributed by atoms with E-state index in [0.717, 1.165) is 30.6 Å². The fourth-order valence-electron chi connectivity index (χ4n) is 2.52. The van der Waals surface area contributed by atoms with Crippen molar-refractivity contribution in [3.8, 4) is 0 Å². The number of nitrogens with two attached hydrogens (primary N) is 1. The second kappa shape index (κ2) is 6.69. The normalized spacial score (nSPS) is 27.2. The highest BCUT2D eigenvalue weighted by Gasteiger charge is 2.27. The summed E-state index contributed by atoms with van der Waals surface area (Å²) in [6.07, 6.45) is 6.66. The Bertz CT molecular complexity index is 424. The smallest absolute Gasteiger partial charge is 0.0591 e. The van der Waals surface area contributed by atoms with Gasteiger partial charge in [-0.2, -0.15) is 0 Å². The minimum Gasteiger partial charge on any atom is -0.327 e. The third-order valence-corrected chi connectivity index (χ3v) is 5.95. The van der Waals surface area contributed by atoms with Gasteiger partial charge in [0.15, 0.2) is 0 Å². The number of hydrogen-bond donors (Lipinski definition) is 1. The Morgan fingerprint density at radius 1 is 1.11 bits per heavy atom. The lowest BCUT2D eigenvalue weighted by molar-refractivity contribution is 0.456. The summed E-state index contributed by atoms with van der Waals surface area (Å²) in [4.78, 5) is 0.736. The Morgan fingerprint density at radius 2 is 1.78 bits per heavy atom. The van der Waals surface area contributed by atoms with Gasteiger partial charge in [-0.3, -0.25) is 4.21 Å². The highest BCUT2D eigenvalue weighted by Crippen LogP contribution is 2.27. The van der Waals surface area contributed by atoms with E-state index in [0.29, 0.717) is 5.02 Å². The third-order valence-electron chi connectivity index (χ3n) is 3.58. The van der Waals surface area contributed by atoms with Crippen LogP contribution in [0.5, 0.6) is 0 Å². The molecule has 0 bridgehead atoms. The van der Waals surface area contributed by atoms with Gasteiger partial charge in [0.1, 0.15) is 0 Å². The highest BCUT2D eigenvalue weighted by molar-refractivity contribution is 7.85. The van der Waals surface area contributed by atoms with Gasteiger partial charge in [-0.15, -0.1) is 0 Å². The highest BCUT2D eigenvalue weighted by atomic mass is 35.5. The maximum Gasteiger partial charge on any atom is 0.0591 e. The molecule has 18 heavy (non-hydrogen) atoms. The zero-order chi connectivity index (χ0) is 13.0. The first kappa shape index (κ1) is 14.0. The van der Waals surface area contributed by atoms with Gasteiger partial charge in [0.2, 0.25) is 0 Å². The molecule has 1 fully saturated rings. The first-order chi connectivity index (χ1) is 8.70. The van der Waals surface area contributed by atoms with Gasteiger partial charge in [-0.1, -0.05) is 49.4 Å². The second-order valence-electron chi connectivity index (χ2n) is 4.92. The van der Waals surface area contributed by atoms with Crippen LogP contribution in [0.15, 0.2) is 29.2 Å². The molecule has 1 aromatic rings. The van der Waals surface area contributed by atoms with Crippen molar-refractivity contribution in [3.05, 3.63) is 29.3 Å². The van der Waals surface area contributed by atoms with Crippen LogP contribution in [-0.2, 0) is 10.8 Å². The summed E-state index contributed by atoms with van der Waals surface area (Å²) in [5.41, 5.74) is 6.20. The number of hydrogen-bond acceptors (Lipinski definition) is 2. The van der Waals surface area contributed by atoms with Crippen molar-refractivity contribution in [1.29, 1.82) is 0 Å². The molecule has 0 aromatic heterocycles. The molecule has 1 aliphatic carbocycles. The monoisotopic (exact) mass is 285 g/mol. The van der Waals surface area contributed by atoms with Gasteiger partial charge in [0, 0.05) is 6.04 Å². The zero-order valence-electron chi connectivity index (χ0n) is 10.5. The average Bonchev–Trinajstić information content (AvgIpc) is 2.34. The van der Waals surface area contributed by atoms with E-state index in [4.69, 9.17) is 17.3 Å². The minimum absolute atomic E-state index is 0.0300. The largest absolute Gasteiger partial charge is 0.327 e. The topological polar surface area (TPSA) is 43.1 Å². The van der Waals surface area contributed by atoms with E-state index < -0.39 is 10.8 Å². The summed E-state index contributed by atoms with van der Waals surface area (Å²) in [7, 11) is -1.09. The predicted octanol–water partition coefficient (Wildman–Crippen LogP) is 3.50. The first-order valence-corrected chi connectivity index (χ1v) is 8.20. The van der Waals surface area contributed by atoms with Crippen LogP contribution in [0.3, 0.4) is 0 Å². The van der Waals surface area contributed by atoms with Crippen molar-refractivity contribution < 1.29 is 4.21 Å². The molecule has 1 aliphatic rings. The Morgan fingerprint density at radius 3 is 2.50 bits per heavy atom. The Labute approximate surface area is 116 Å². The standard InChI is InChI=1S/C14H20ClNOS/c15-11-7-5-6-9-13(11)18(17)14-10-4-2-1-3-8-12(14)16/h5-7,9,12,14H,1-4,8,10,16H2. The van der Waals surface area contributed by atoms with Crippen molar-refractivity contribution in [1.82, 2.24) is 0 Å². The summed E-state index contributed by atoms with van der Waals surface area (Å²) in [6.45, 7) is 0. The molecule has 100 valence electrons. The maximum atomic E-state index is 12.6. The summed E-state index contributed by atoms with van der Waals surface area (Å²) in [5, 5.41) is 0.635. The van der Waals surface area contributed by atoms with Crippen molar-refractivity contribution in [2.75, 3.05) is 0 Å². The third kappa shape index (κ3) is 3.34. The van der Waals surface area contributed by atoms with Gasteiger partial charge >= 0.3 is 0 Å². The van der Waals surface area contributed by atoms with Gasteiger partial charge in [-0.25, -0.2) is 0 Å². The molecule has 2 rings (SSSR count). The fraction of sp³-hybridized carbons (Fsp3) is 0.571. The summed E-state index contributed by atoms with van der Waals surface area (Å²) < 4.78 is 12.6. The van der Waals surface area contributed by atoms with Crippen LogP contribution in [0.4, 0.5) is 0 Å². The maximum absolute atomic E-state index is 12.6. The Hall–Kier alpha value is -0.380.